The molecular weight excluding hydrogens is 630 g/mol. The van der Waals surface area contributed by atoms with Gasteiger partial charge in [-0.25, -0.2) is 14.2 Å². The first-order valence-electron chi connectivity index (χ1n) is 15.2. The average molecular weight is 685 g/mol. The quantitative estimate of drug-likeness (QED) is 0.0486. The molecule has 0 aliphatic rings. The van der Waals surface area contributed by atoms with Crippen molar-refractivity contribution in [2.75, 3.05) is 53.3 Å². The Morgan fingerprint density at radius 3 is 2.02 bits per heavy atom. The van der Waals surface area contributed by atoms with E-state index in [2.05, 4.69) is 14.4 Å². The van der Waals surface area contributed by atoms with Gasteiger partial charge in [0.2, 0.25) is 0 Å². The smallest absolute Gasteiger partial charge is 0.445 e. The van der Waals surface area contributed by atoms with Crippen LogP contribution in [0.2, 0.25) is 0 Å². The second kappa shape index (κ2) is 25.3. The van der Waals surface area contributed by atoms with Crippen molar-refractivity contribution in [2.24, 2.45) is 5.73 Å². The van der Waals surface area contributed by atoms with Crippen LogP contribution in [0.4, 0.5) is 4.79 Å². The number of carbonyl (C=O) groups is 2. The standard InChI is InChI=1S/C22H36NO8P.C7H18NO4P/c1-5-11-28-16-20(24)31-21-17(2)13-19(14-18(21)3)15-29-22(25)23-10-8-6-7-9-12-30-32(4,26)27;1-11-13(9,10)12-7-5-3-2-4-6-8/h13-14H,5-12,15-16H2,1-4H3,(H,23,25)(H,26,27);2-8H2,1H3,(H,9,10). The van der Waals surface area contributed by atoms with E-state index in [0.29, 0.717) is 31.9 Å². The Morgan fingerprint density at radius 2 is 1.47 bits per heavy atom. The number of benzene rings is 1. The van der Waals surface area contributed by atoms with Gasteiger partial charge in [0.15, 0.2) is 0 Å². The summed E-state index contributed by atoms with van der Waals surface area (Å²) >= 11 is 0. The lowest BCUT2D eigenvalue weighted by atomic mass is 10.1. The number of amides is 1. The number of phosphoric ester groups is 1. The summed E-state index contributed by atoms with van der Waals surface area (Å²) in [5.41, 5.74) is 7.65. The topological polar surface area (TPSA) is 202 Å². The molecule has 1 aromatic carbocycles. The van der Waals surface area contributed by atoms with E-state index < -0.39 is 27.5 Å². The second-order valence-electron chi connectivity index (χ2n) is 10.3. The van der Waals surface area contributed by atoms with Gasteiger partial charge >= 0.3 is 27.5 Å². The monoisotopic (exact) mass is 684 g/mol. The molecule has 0 saturated carbocycles. The number of unbranched alkanes of at least 4 members (excludes halogenated alkanes) is 6. The number of phosphoric acid groups is 1. The predicted molar refractivity (Wildman–Crippen MR) is 171 cm³/mol. The lowest BCUT2D eigenvalue weighted by Crippen LogP contribution is -2.25. The third-order valence-corrected chi connectivity index (χ3v) is 7.56. The molecule has 1 rings (SSSR count). The van der Waals surface area contributed by atoms with Gasteiger partial charge in [-0.05, 0) is 81.3 Å². The first-order chi connectivity index (χ1) is 21.2. The highest BCUT2D eigenvalue weighted by atomic mass is 31.2. The fraction of sp³-hybridized carbons (Fsp3) is 0.724. The van der Waals surface area contributed by atoms with Crippen LogP contribution in [0, 0.1) is 13.8 Å². The maximum absolute atomic E-state index is 11.9. The van der Waals surface area contributed by atoms with E-state index in [9.17, 15) is 18.7 Å². The van der Waals surface area contributed by atoms with Crippen LogP contribution in [0.5, 0.6) is 5.75 Å². The Kier molecular flexibility index (Phi) is 24.2. The van der Waals surface area contributed by atoms with Gasteiger partial charge in [-0.15, -0.1) is 0 Å². The highest BCUT2D eigenvalue weighted by molar-refractivity contribution is 7.51. The molecule has 0 saturated heterocycles. The molecule has 0 spiro atoms. The zero-order chi connectivity index (χ0) is 34.1. The molecule has 1 amide bonds. The van der Waals surface area contributed by atoms with E-state index in [1.165, 1.54) is 6.66 Å². The van der Waals surface area contributed by atoms with Crippen molar-refractivity contribution in [3.63, 3.8) is 0 Å². The molecule has 0 heterocycles. The molecule has 16 heteroatoms. The Balaban J connectivity index is 0.00000125. The number of ether oxygens (including phenoxy) is 3. The normalized spacial score (nSPS) is 13.6. The lowest BCUT2D eigenvalue weighted by molar-refractivity contribution is -0.139. The number of nitrogens with two attached hydrogens (primary N) is 1. The fourth-order valence-electron chi connectivity index (χ4n) is 3.76. The molecule has 14 nitrogen and oxygen atoms in total. The van der Waals surface area contributed by atoms with Crippen LogP contribution in [-0.2, 0) is 43.6 Å². The highest BCUT2D eigenvalue weighted by Gasteiger charge is 2.17. The molecule has 262 valence electrons. The Labute approximate surface area is 267 Å². The van der Waals surface area contributed by atoms with Crippen LogP contribution >= 0.6 is 15.4 Å². The number of aryl methyl sites for hydroxylation is 2. The number of hydrogen-bond acceptors (Lipinski definition) is 11. The first kappa shape index (κ1) is 43.1. The zero-order valence-corrected chi connectivity index (χ0v) is 29.2. The van der Waals surface area contributed by atoms with Crippen LogP contribution in [0.1, 0.15) is 81.4 Å². The summed E-state index contributed by atoms with van der Waals surface area (Å²) in [5, 5.41) is 2.70. The molecule has 2 unspecified atom stereocenters. The van der Waals surface area contributed by atoms with Gasteiger partial charge in [-0.2, -0.15) is 0 Å². The molecular formula is C29H54N2O12P2. The van der Waals surface area contributed by atoms with Crippen molar-refractivity contribution < 1.29 is 56.3 Å². The Bertz CT molecular complexity index is 1040. The second-order valence-corrected chi connectivity index (χ2v) is 13.8. The van der Waals surface area contributed by atoms with E-state index in [0.717, 1.165) is 75.2 Å². The molecule has 0 aliphatic heterocycles. The van der Waals surface area contributed by atoms with Gasteiger partial charge in [-0.3, -0.25) is 13.6 Å². The van der Waals surface area contributed by atoms with Crippen molar-refractivity contribution in [2.45, 2.75) is 85.2 Å². The number of alkyl carbamates (subject to hydrolysis) is 1. The van der Waals surface area contributed by atoms with Gasteiger partial charge in [0, 0.05) is 26.9 Å². The molecule has 0 aliphatic carbocycles. The van der Waals surface area contributed by atoms with Crippen LogP contribution < -0.4 is 15.8 Å². The highest BCUT2D eigenvalue weighted by Crippen LogP contribution is 2.42. The van der Waals surface area contributed by atoms with Crippen molar-refractivity contribution in [3.8, 4) is 5.75 Å². The minimum absolute atomic E-state index is 0.0883. The third kappa shape index (κ3) is 25.0. The maximum atomic E-state index is 11.9. The molecule has 2 atom stereocenters. The summed E-state index contributed by atoms with van der Waals surface area (Å²) in [6.07, 6.45) is 7.25. The molecule has 0 aromatic heterocycles. The van der Waals surface area contributed by atoms with Crippen molar-refractivity contribution >= 4 is 27.5 Å². The number of hydrogen-bond donors (Lipinski definition) is 4. The zero-order valence-electron chi connectivity index (χ0n) is 27.4. The van der Waals surface area contributed by atoms with Crippen molar-refractivity contribution in [1.29, 1.82) is 0 Å². The lowest BCUT2D eigenvalue weighted by Gasteiger charge is -2.13. The summed E-state index contributed by atoms with van der Waals surface area (Å²) in [5.74, 6) is 0.0498. The van der Waals surface area contributed by atoms with E-state index in [1.807, 2.05) is 32.9 Å². The van der Waals surface area contributed by atoms with Crippen LogP contribution in [-0.4, -0.2) is 75.1 Å². The summed E-state index contributed by atoms with van der Waals surface area (Å²) in [6.45, 7) is 9.00. The van der Waals surface area contributed by atoms with Crippen LogP contribution in [0.15, 0.2) is 12.1 Å². The number of rotatable bonds is 23. The van der Waals surface area contributed by atoms with Crippen molar-refractivity contribution in [1.82, 2.24) is 5.32 Å². The summed E-state index contributed by atoms with van der Waals surface area (Å²) in [4.78, 5) is 41.6. The van der Waals surface area contributed by atoms with E-state index >= 15 is 0 Å². The molecule has 5 N–H and O–H groups in total. The van der Waals surface area contributed by atoms with Gasteiger partial charge in [0.1, 0.15) is 19.0 Å². The van der Waals surface area contributed by atoms with Gasteiger partial charge < -0.3 is 39.6 Å². The minimum atomic E-state index is -3.75. The number of nitrogens with one attached hydrogen (secondary N) is 1. The Hall–Kier alpha value is -1.86. The maximum Gasteiger partial charge on any atom is 0.471 e. The van der Waals surface area contributed by atoms with E-state index in [1.54, 1.807) is 0 Å². The predicted octanol–water partition coefficient (Wildman–Crippen LogP) is 5.52. The van der Waals surface area contributed by atoms with Crippen LogP contribution in [0.25, 0.3) is 0 Å². The molecule has 1 aromatic rings. The average Bonchev–Trinajstić information content (AvgIpc) is 2.97. The summed E-state index contributed by atoms with van der Waals surface area (Å²) < 4.78 is 51.2. The molecule has 0 radical (unpaired) electrons. The van der Waals surface area contributed by atoms with E-state index in [4.69, 9.17) is 34.3 Å². The molecule has 0 bridgehead atoms. The Morgan fingerprint density at radius 1 is 0.889 bits per heavy atom. The largest absolute Gasteiger partial charge is 0.471 e. The van der Waals surface area contributed by atoms with Crippen LogP contribution in [0.3, 0.4) is 0 Å². The molecule has 45 heavy (non-hydrogen) atoms. The first-order valence-corrected chi connectivity index (χ1v) is 18.7. The number of esters is 1. The molecule has 0 fully saturated rings. The minimum Gasteiger partial charge on any atom is -0.445 e. The fourth-order valence-corrected chi connectivity index (χ4v) is 4.70. The SMILES string of the molecule is CCCOCC(=O)Oc1c(C)cc(COC(=O)NCCCCCCOP(C)(=O)O)cc1C.COP(=O)(O)OCCCCCCN. The van der Waals surface area contributed by atoms with Gasteiger partial charge in [0.05, 0.1) is 13.2 Å². The summed E-state index contributed by atoms with van der Waals surface area (Å²) in [6, 6.07) is 3.64. The van der Waals surface area contributed by atoms with Crippen molar-refractivity contribution in [3.05, 3.63) is 28.8 Å². The summed E-state index contributed by atoms with van der Waals surface area (Å²) in [7, 11) is -6.00. The van der Waals surface area contributed by atoms with Gasteiger partial charge in [-0.1, -0.05) is 32.6 Å². The third-order valence-electron chi connectivity index (χ3n) is 5.93. The number of carbonyl (C=O) groups excluding carboxylic acids is 2. The van der Waals surface area contributed by atoms with Gasteiger partial charge in [0.25, 0.3) is 0 Å². The van der Waals surface area contributed by atoms with E-state index in [-0.39, 0.29) is 26.4 Å².